The summed E-state index contributed by atoms with van der Waals surface area (Å²) in [6.45, 7) is 5.86. The van der Waals surface area contributed by atoms with E-state index in [4.69, 9.17) is 4.74 Å². The SMILES string of the molecule is COC(=O)C1CN(C(=O)C(Cc2ccccc2)C(=O)OC(C)(C)C)C1. The zero-order chi connectivity index (χ0) is 18.6. The van der Waals surface area contributed by atoms with Crippen molar-refractivity contribution in [3.05, 3.63) is 35.9 Å². The van der Waals surface area contributed by atoms with Gasteiger partial charge in [-0.2, -0.15) is 0 Å². The molecule has 6 heteroatoms. The number of methoxy groups -OCH3 is 1. The van der Waals surface area contributed by atoms with Gasteiger partial charge in [-0.1, -0.05) is 30.3 Å². The number of likely N-dealkylation sites (tertiary alicyclic amines) is 1. The van der Waals surface area contributed by atoms with Gasteiger partial charge in [-0.3, -0.25) is 14.4 Å². The van der Waals surface area contributed by atoms with Gasteiger partial charge < -0.3 is 14.4 Å². The van der Waals surface area contributed by atoms with Crippen LogP contribution >= 0.6 is 0 Å². The first-order valence-corrected chi connectivity index (χ1v) is 8.34. The lowest BCUT2D eigenvalue weighted by molar-refractivity contribution is -0.168. The monoisotopic (exact) mass is 347 g/mol. The van der Waals surface area contributed by atoms with Crippen LogP contribution in [0.2, 0.25) is 0 Å². The lowest BCUT2D eigenvalue weighted by atomic mass is 9.93. The molecule has 2 rings (SSSR count). The van der Waals surface area contributed by atoms with E-state index in [1.165, 1.54) is 12.0 Å². The van der Waals surface area contributed by atoms with Crippen LogP contribution in [0.4, 0.5) is 0 Å². The van der Waals surface area contributed by atoms with Gasteiger partial charge in [0.05, 0.1) is 13.0 Å². The summed E-state index contributed by atoms with van der Waals surface area (Å²) in [5.41, 5.74) is 0.215. The van der Waals surface area contributed by atoms with Crippen molar-refractivity contribution in [1.29, 1.82) is 0 Å². The predicted octanol–water partition coefficient (Wildman–Crippen LogP) is 1.82. The van der Waals surface area contributed by atoms with Crippen molar-refractivity contribution in [3.63, 3.8) is 0 Å². The van der Waals surface area contributed by atoms with Gasteiger partial charge in [0.15, 0.2) is 0 Å². The Bertz CT molecular complexity index is 629. The molecule has 0 saturated carbocycles. The van der Waals surface area contributed by atoms with Crippen molar-refractivity contribution in [2.24, 2.45) is 11.8 Å². The van der Waals surface area contributed by atoms with Crippen molar-refractivity contribution in [3.8, 4) is 0 Å². The highest BCUT2D eigenvalue weighted by atomic mass is 16.6. The minimum Gasteiger partial charge on any atom is -0.469 e. The minimum atomic E-state index is -0.916. The van der Waals surface area contributed by atoms with Crippen LogP contribution in [-0.2, 0) is 30.3 Å². The molecule has 25 heavy (non-hydrogen) atoms. The Morgan fingerprint density at radius 2 is 1.76 bits per heavy atom. The lowest BCUT2D eigenvalue weighted by Crippen LogP contribution is -2.56. The number of hydrogen-bond donors (Lipinski definition) is 0. The molecule has 1 atom stereocenters. The van der Waals surface area contributed by atoms with Gasteiger partial charge >= 0.3 is 11.9 Å². The van der Waals surface area contributed by atoms with Crippen molar-refractivity contribution >= 4 is 17.8 Å². The molecule has 1 fully saturated rings. The van der Waals surface area contributed by atoms with E-state index in [0.29, 0.717) is 0 Å². The maximum absolute atomic E-state index is 12.8. The summed E-state index contributed by atoms with van der Waals surface area (Å²) in [6, 6.07) is 9.35. The Balaban J connectivity index is 2.10. The molecular weight excluding hydrogens is 322 g/mol. The number of amides is 1. The molecular formula is C19H25NO5. The highest BCUT2D eigenvalue weighted by Crippen LogP contribution is 2.23. The second kappa shape index (κ2) is 7.68. The van der Waals surface area contributed by atoms with E-state index in [-0.39, 0.29) is 37.3 Å². The van der Waals surface area contributed by atoms with E-state index >= 15 is 0 Å². The fourth-order valence-corrected chi connectivity index (χ4v) is 2.69. The smallest absolute Gasteiger partial charge is 0.319 e. The van der Waals surface area contributed by atoms with Gasteiger partial charge in [0.25, 0.3) is 0 Å². The summed E-state index contributed by atoms with van der Waals surface area (Å²) < 4.78 is 10.1. The molecule has 0 radical (unpaired) electrons. The van der Waals surface area contributed by atoms with Gasteiger partial charge in [-0.25, -0.2) is 0 Å². The second-order valence-electron chi connectivity index (χ2n) is 7.24. The first-order valence-electron chi connectivity index (χ1n) is 8.34. The summed E-state index contributed by atoms with van der Waals surface area (Å²) in [5.74, 6) is -2.41. The lowest BCUT2D eigenvalue weighted by Gasteiger charge is -2.39. The minimum absolute atomic E-state index is 0.272. The van der Waals surface area contributed by atoms with E-state index in [1.54, 1.807) is 20.8 Å². The average Bonchev–Trinajstić information content (AvgIpc) is 2.50. The number of nitrogens with zero attached hydrogens (tertiary/aromatic N) is 1. The number of hydrogen-bond acceptors (Lipinski definition) is 5. The molecule has 136 valence electrons. The zero-order valence-electron chi connectivity index (χ0n) is 15.2. The van der Waals surface area contributed by atoms with Crippen LogP contribution in [0.15, 0.2) is 30.3 Å². The predicted molar refractivity (Wildman–Crippen MR) is 91.6 cm³/mol. The Hall–Kier alpha value is -2.37. The van der Waals surface area contributed by atoms with E-state index in [2.05, 4.69) is 4.74 Å². The van der Waals surface area contributed by atoms with Crippen LogP contribution < -0.4 is 0 Å². The van der Waals surface area contributed by atoms with E-state index in [9.17, 15) is 14.4 Å². The third kappa shape index (κ3) is 5.05. The first kappa shape index (κ1) is 19.0. The first-order chi connectivity index (χ1) is 11.7. The molecule has 1 aromatic rings. The molecule has 6 nitrogen and oxygen atoms in total. The highest BCUT2D eigenvalue weighted by Gasteiger charge is 2.42. The molecule has 0 aliphatic carbocycles. The maximum Gasteiger partial charge on any atom is 0.319 e. The van der Waals surface area contributed by atoms with E-state index < -0.39 is 17.5 Å². The van der Waals surface area contributed by atoms with Gasteiger partial charge in [-0.05, 0) is 32.8 Å². The summed E-state index contributed by atoms with van der Waals surface area (Å²) in [6.07, 6.45) is 0.272. The topological polar surface area (TPSA) is 72.9 Å². The number of rotatable bonds is 5. The summed E-state index contributed by atoms with van der Waals surface area (Å²) in [7, 11) is 1.33. The average molecular weight is 347 g/mol. The number of esters is 2. The molecule has 0 bridgehead atoms. The molecule has 1 saturated heterocycles. The van der Waals surface area contributed by atoms with Gasteiger partial charge in [0.2, 0.25) is 5.91 Å². The van der Waals surface area contributed by atoms with Crippen molar-refractivity contribution in [1.82, 2.24) is 4.90 Å². The molecule has 1 amide bonds. The molecule has 1 aliphatic rings. The third-order valence-corrected chi connectivity index (χ3v) is 4.00. The van der Waals surface area contributed by atoms with Crippen LogP contribution in [0.3, 0.4) is 0 Å². The summed E-state index contributed by atoms with van der Waals surface area (Å²) in [5, 5.41) is 0. The quantitative estimate of drug-likeness (QED) is 0.600. The van der Waals surface area contributed by atoms with Crippen LogP contribution in [0.25, 0.3) is 0 Å². The Labute approximate surface area is 148 Å². The van der Waals surface area contributed by atoms with Crippen LogP contribution in [0, 0.1) is 11.8 Å². The van der Waals surface area contributed by atoms with Crippen molar-refractivity contribution in [2.75, 3.05) is 20.2 Å². The largest absolute Gasteiger partial charge is 0.469 e. The highest BCUT2D eigenvalue weighted by molar-refractivity contribution is 5.99. The van der Waals surface area contributed by atoms with Gasteiger partial charge in [0, 0.05) is 13.1 Å². The number of benzene rings is 1. The zero-order valence-corrected chi connectivity index (χ0v) is 15.2. The van der Waals surface area contributed by atoms with E-state index in [1.807, 2.05) is 30.3 Å². The van der Waals surface area contributed by atoms with Crippen LogP contribution in [0.5, 0.6) is 0 Å². The normalized spacial score (nSPS) is 15.9. The van der Waals surface area contributed by atoms with Crippen molar-refractivity contribution in [2.45, 2.75) is 32.8 Å². The van der Waals surface area contributed by atoms with Crippen LogP contribution in [0.1, 0.15) is 26.3 Å². The maximum atomic E-state index is 12.8. The standard InChI is InChI=1S/C19H25NO5/c1-19(2,3)25-18(23)15(10-13-8-6-5-7-9-13)16(21)20-11-14(12-20)17(22)24-4/h5-9,14-15H,10-12H2,1-4H3. The summed E-state index contributed by atoms with van der Waals surface area (Å²) >= 11 is 0. The molecule has 0 N–H and O–H groups in total. The fraction of sp³-hybridized carbons (Fsp3) is 0.526. The number of carbonyl (C=O) groups excluding carboxylic acids is 3. The molecule has 1 aromatic carbocycles. The van der Waals surface area contributed by atoms with Crippen LogP contribution in [-0.4, -0.2) is 48.5 Å². The molecule has 0 aromatic heterocycles. The number of ether oxygens (including phenoxy) is 2. The Kier molecular flexibility index (Phi) is 5.82. The second-order valence-corrected chi connectivity index (χ2v) is 7.24. The third-order valence-electron chi connectivity index (χ3n) is 4.00. The molecule has 0 spiro atoms. The van der Waals surface area contributed by atoms with Gasteiger partial charge in [0.1, 0.15) is 11.5 Å². The fourth-order valence-electron chi connectivity index (χ4n) is 2.69. The van der Waals surface area contributed by atoms with E-state index in [0.717, 1.165) is 5.56 Å². The molecule has 1 unspecified atom stereocenters. The Morgan fingerprint density at radius 1 is 1.16 bits per heavy atom. The summed E-state index contributed by atoms with van der Waals surface area (Å²) in [4.78, 5) is 38.4. The Morgan fingerprint density at radius 3 is 2.28 bits per heavy atom. The molecule has 1 heterocycles. The molecule has 1 aliphatic heterocycles. The van der Waals surface area contributed by atoms with Crippen molar-refractivity contribution < 1.29 is 23.9 Å². The number of carbonyl (C=O) groups is 3. The van der Waals surface area contributed by atoms with Gasteiger partial charge in [-0.15, -0.1) is 0 Å².